The van der Waals surface area contributed by atoms with E-state index in [-0.39, 0.29) is 0 Å². The Hall–Kier alpha value is -2.13. The number of benzene rings is 2. The number of nitrogens with zero attached hydrogens (tertiary/aromatic N) is 3. The second-order valence-corrected chi connectivity index (χ2v) is 5.83. The van der Waals surface area contributed by atoms with E-state index >= 15 is 0 Å². The third-order valence-corrected chi connectivity index (χ3v) is 4.23. The largest absolute Gasteiger partial charge is 0.325 e. The number of fused-ring (bicyclic) bond motifs is 1. The number of aromatic nitrogens is 2. The van der Waals surface area contributed by atoms with Gasteiger partial charge in [0.05, 0.1) is 30.0 Å². The Morgan fingerprint density at radius 1 is 1.19 bits per heavy atom. The molecule has 102 valence electrons. The van der Waals surface area contributed by atoms with Gasteiger partial charge < -0.3 is 4.57 Å². The fraction of sp³-hybridized carbons (Fsp3) is 0.0588. The number of hydrogen-bond donors (Lipinski definition) is 0. The zero-order valence-corrected chi connectivity index (χ0v) is 13.4. The molecule has 1 aromatic heterocycles. The summed E-state index contributed by atoms with van der Waals surface area (Å²) in [5.74, 6) is 0. The van der Waals surface area contributed by atoms with Crippen molar-refractivity contribution in [2.24, 2.45) is 0 Å². The lowest BCUT2D eigenvalue weighted by Crippen LogP contribution is -1.98. The van der Waals surface area contributed by atoms with E-state index in [4.69, 9.17) is 0 Å². The molecule has 1 heterocycles. The molecule has 0 bridgehead atoms. The van der Waals surface area contributed by atoms with Crippen LogP contribution in [0.2, 0.25) is 0 Å². The van der Waals surface area contributed by atoms with Crippen LogP contribution in [0.1, 0.15) is 5.56 Å². The Kier molecular flexibility index (Phi) is 4.02. The van der Waals surface area contributed by atoms with Crippen molar-refractivity contribution in [1.29, 1.82) is 5.26 Å². The van der Waals surface area contributed by atoms with E-state index in [9.17, 15) is 5.26 Å². The molecule has 0 radical (unpaired) electrons. The van der Waals surface area contributed by atoms with Gasteiger partial charge in [0.25, 0.3) is 0 Å². The van der Waals surface area contributed by atoms with Crippen LogP contribution in [0.25, 0.3) is 17.1 Å². The molecule has 0 spiro atoms. The third kappa shape index (κ3) is 2.98. The Morgan fingerprint density at radius 3 is 2.76 bits per heavy atom. The smallest absolute Gasteiger partial charge is 0.0966 e. The first kappa shape index (κ1) is 13.8. The molecule has 0 aliphatic heterocycles. The molecule has 0 unspecified atom stereocenters. The highest BCUT2D eigenvalue weighted by molar-refractivity contribution is 14.1. The van der Waals surface area contributed by atoms with E-state index in [0.717, 1.165) is 20.2 Å². The summed E-state index contributed by atoms with van der Waals surface area (Å²) >= 11 is 2.28. The van der Waals surface area contributed by atoms with E-state index in [1.165, 1.54) is 0 Å². The van der Waals surface area contributed by atoms with E-state index in [2.05, 4.69) is 33.6 Å². The van der Waals surface area contributed by atoms with E-state index in [0.29, 0.717) is 12.1 Å². The van der Waals surface area contributed by atoms with Crippen molar-refractivity contribution in [3.8, 4) is 6.07 Å². The Balaban J connectivity index is 1.95. The van der Waals surface area contributed by atoms with Gasteiger partial charge in [0.1, 0.15) is 0 Å². The summed E-state index contributed by atoms with van der Waals surface area (Å²) in [5, 5.41) is 9.39. The summed E-state index contributed by atoms with van der Waals surface area (Å²) in [7, 11) is 0. The molecular formula is C17H12IN3. The maximum Gasteiger partial charge on any atom is 0.0966 e. The number of allylic oxidation sites excluding steroid dienone is 1. The Labute approximate surface area is 136 Å². The lowest BCUT2D eigenvalue weighted by Gasteiger charge is -2.04. The van der Waals surface area contributed by atoms with Crippen molar-refractivity contribution < 1.29 is 0 Å². The fourth-order valence-electron chi connectivity index (χ4n) is 2.21. The summed E-state index contributed by atoms with van der Waals surface area (Å²) in [6.45, 7) is 0.530. The van der Waals surface area contributed by atoms with Gasteiger partial charge in [-0.2, -0.15) is 5.26 Å². The predicted octanol–water partition coefficient (Wildman–Crippen LogP) is 4.25. The van der Waals surface area contributed by atoms with Gasteiger partial charge in [-0.1, -0.05) is 30.3 Å². The molecule has 0 fully saturated rings. The first-order valence-corrected chi connectivity index (χ1v) is 7.61. The SMILES string of the molecule is N#C/C(=C/c1ccccc1I)Cn1cnc2ccccc21. The van der Waals surface area contributed by atoms with Gasteiger partial charge in [-0.25, -0.2) is 4.98 Å². The van der Waals surface area contributed by atoms with Crippen LogP contribution in [-0.4, -0.2) is 9.55 Å². The van der Waals surface area contributed by atoms with Crippen LogP contribution < -0.4 is 0 Å². The highest BCUT2D eigenvalue weighted by Gasteiger charge is 2.05. The van der Waals surface area contributed by atoms with Gasteiger partial charge in [0, 0.05) is 9.14 Å². The molecule has 0 N–H and O–H groups in total. The molecule has 3 rings (SSSR count). The van der Waals surface area contributed by atoms with E-state index in [1.807, 2.05) is 59.2 Å². The minimum absolute atomic E-state index is 0.530. The highest BCUT2D eigenvalue weighted by Crippen LogP contribution is 2.18. The quantitative estimate of drug-likeness (QED) is 0.500. The van der Waals surface area contributed by atoms with Crippen LogP contribution in [0.15, 0.2) is 60.4 Å². The van der Waals surface area contributed by atoms with Crippen LogP contribution in [0.4, 0.5) is 0 Å². The molecule has 0 atom stereocenters. The minimum atomic E-state index is 0.530. The number of imidazole rings is 1. The predicted molar refractivity (Wildman–Crippen MR) is 92.5 cm³/mol. The van der Waals surface area contributed by atoms with Crippen molar-refractivity contribution >= 4 is 39.7 Å². The normalized spacial score (nSPS) is 11.5. The number of hydrogen-bond acceptors (Lipinski definition) is 2. The summed E-state index contributed by atoms with van der Waals surface area (Å²) in [6.07, 6.45) is 3.72. The van der Waals surface area contributed by atoms with Gasteiger partial charge in [-0.05, 0) is 52.4 Å². The van der Waals surface area contributed by atoms with Crippen LogP contribution in [0.5, 0.6) is 0 Å². The van der Waals surface area contributed by atoms with Crippen LogP contribution in [0.3, 0.4) is 0 Å². The first-order valence-electron chi connectivity index (χ1n) is 6.53. The minimum Gasteiger partial charge on any atom is -0.325 e. The molecule has 2 aromatic carbocycles. The second-order valence-electron chi connectivity index (χ2n) is 4.66. The zero-order valence-electron chi connectivity index (χ0n) is 11.2. The molecule has 3 nitrogen and oxygen atoms in total. The van der Waals surface area contributed by atoms with Crippen molar-refractivity contribution in [2.75, 3.05) is 0 Å². The summed E-state index contributed by atoms with van der Waals surface area (Å²) in [4.78, 5) is 4.36. The van der Waals surface area contributed by atoms with Gasteiger partial charge >= 0.3 is 0 Å². The highest BCUT2D eigenvalue weighted by atomic mass is 127. The van der Waals surface area contributed by atoms with Gasteiger partial charge in [-0.15, -0.1) is 0 Å². The molecule has 21 heavy (non-hydrogen) atoms. The monoisotopic (exact) mass is 385 g/mol. The molecule has 0 aliphatic rings. The summed E-state index contributed by atoms with van der Waals surface area (Å²) in [6, 6.07) is 18.3. The van der Waals surface area contributed by atoms with Gasteiger partial charge in [-0.3, -0.25) is 0 Å². The standard InChI is InChI=1S/C17H12IN3/c18-15-6-2-1-5-14(15)9-13(10-19)11-21-12-20-16-7-3-4-8-17(16)21/h1-9,12H,11H2/b13-9-. The maximum absolute atomic E-state index is 9.39. The van der Waals surface area contributed by atoms with E-state index in [1.54, 1.807) is 6.33 Å². The van der Waals surface area contributed by atoms with E-state index < -0.39 is 0 Å². The molecular weight excluding hydrogens is 373 g/mol. The molecule has 0 saturated heterocycles. The summed E-state index contributed by atoms with van der Waals surface area (Å²) < 4.78 is 3.14. The molecule has 0 saturated carbocycles. The van der Waals surface area contributed by atoms with Gasteiger partial charge in [0.15, 0.2) is 0 Å². The van der Waals surface area contributed by atoms with Crippen LogP contribution in [0, 0.1) is 14.9 Å². The number of halogens is 1. The average Bonchev–Trinajstić information content (AvgIpc) is 2.92. The second kappa shape index (κ2) is 6.10. The molecule has 0 amide bonds. The Bertz CT molecular complexity index is 856. The van der Waals surface area contributed by atoms with Crippen molar-refractivity contribution in [3.05, 3.63) is 69.6 Å². The molecule has 0 aliphatic carbocycles. The number of nitriles is 1. The third-order valence-electron chi connectivity index (χ3n) is 3.25. The Morgan fingerprint density at radius 2 is 1.95 bits per heavy atom. The van der Waals surface area contributed by atoms with Crippen molar-refractivity contribution in [2.45, 2.75) is 6.54 Å². The zero-order chi connectivity index (χ0) is 14.7. The molecule has 4 heteroatoms. The maximum atomic E-state index is 9.39. The average molecular weight is 385 g/mol. The first-order chi connectivity index (χ1) is 10.3. The topological polar surface area (TPSA) is 41.6 Å². The number of rotatable bonds is 3. The summed E-state index contributed by atoms with van der Waals surface area (Å²) in [5.41, 5.74) is 3.77. The van der Waals surface area contributed by atoms with Crippen molar-refractivity contribution in [3.63, 3.8) is 0 Å². The molecule has 3 aromatic rings. The van der Waals surface area contributed by atoms with Crippen LogP contribution >= 0.6 is 22.6 Å². The fourth-order valence-corrected chi connectivity index (χ4v) is 2.76. The number of para-hydroxylation sites is 2. The van der Waals surface area contributed by atoms with Crippen molar-refractivity contribution in [1.82, 2.24) is 9.55 Å². The lowest BCUT2D eigenvalue weighted by molar-refractivity contribution is 0.830. The lowest BCUT2D eigenvalue weighted by atomic mass is 10.1. The van der Waals surface area contributed by atoms with Crippen LogP contribution in [-0.2, 0) is 6.54 Å². The van der Waals surface area contributed by atoms with Gasteiger partial charge in [0.2, 0.25) is 0 Å².